The van der Waals surface area contributed by atoms with Crippen molar-refractivity contribution >= 4 is 0 Å². The first kappa shape index (κ1) is 12.1. The van der Waals surface area contributed by atoms with Gasteiger partial charge in [0, 0.05) is 12.6 Å². The zero-order chi connectivity index (χ0) is 11.3. The van der Waals surface area contributed by atoms with E-state index in [1.807, 2.05) is 6.92 Å². The number of aromatic nitrogens is 3. The maximum Gasteiger partial charge on any atom is 0.164 e. The third-order valence-corrected chi connectivity index (χ3v) is 2.56. The van der Waals surface area contributed by atoms with E-state index in [2.05, 4.69) is 33.9 Å². The molecule has 0 aromatic carbocycles. The Labute approximate surface area is 90.5 Å². The highest BCUT2D eigenvalue weighted by Gasteiger charge is 2.13. The molecule has 0 aliphatic rings. The minimum Gasteiger partial charge on any atom is -0.396 e. The van der Waals surface area contributed by atoms with Crippen LogP contribution in [0.2, 0.25) is 0 Å². The van der Waals surface area contributed by atoms with Crippen molar-refractivity contribution in [2.75, 3.05) is 13.2 Å². The van der Waals surface area contributed by atoms with E-state index in [0.717, 1.165) is 31.2 Å². The second-order valence-corrected chi connectivity index (χ2v) is 3.76. The molecule has 1 heterocycles. The van der Waals surface area contributed by atoms with Crippen LogP contribution in [0.3, 0.4) is 0 Å². The van der Waals surface area contributed by atoms with Crippen LogP contribution in [0.5, 0.6) is 0 Å². The van der Waals surface area contributed by atoms with Gasteiger partial charge < -0.3 is 5.11 Å². The Hall–Kier alpha value is -0.940. The van der Waals surface area contributed by atoms with Crippen molar-refractivity contribution in [3.8, 4) is 0 Å². The highest BCUT2D eigenvalue weighted by Crippen LogP contribution is 2.07. The largest absolute Gasteiger partial charge is 0.396 e. The molecular weight excluding hydrogens is 192 g/mol. The lowest BCUT2D eigenvalue weighted by Gasteiger charge is -2.25. The average molecular weight is 212 g/mol. The summed E-state index contributed by atoms with van der Waals surface area (Å²) in [6.45, 7) is 8.01. The SMILES string of the molecule is CCN(Cc1n[nH]c(C)n1)C(C)CCO. The van der Waals surface area contributed by atoms with Gasteiger partial charge in [-0.1, -0.05) is 6.92 Å². The van der Waals surface area contributed by atoms with E-state index in [9.17, 15) is 0 Å². The Kier molecular flexibility index (Phi) is 4.71. The van der Waals surface area contributed by atoms with Crippen molar-refractivity contribution in [2.45, 2.75) is 39.8 Å². The van der Waals surface area contributed by atoms with E-state index in [0.29, 0.717) is 6.04 Å². The number of hydrogen-bond donors (Lipinski definition) is 2. The quantitative estimate of drug-likeness (QED) is 0.728. The molecule has 5 heteroatoms. The van der Waals surface area contributed by atoms with E-state index in [1.165, 1.54) is 0 Å². The molecule has 0 radical (unpaired) electrons. The molecular formula is C10H20N4O. The van der Waals surface area contributed by atoms with Crippen LogP contribution in [0.1, 0.15) is 31.9 Å². The molecule has 1 atom stereocenters. The van der Waals surface area contributed by atoms with Crippen LogP contribution < -0.4 is 0 Å². The van der Waals surface area contributed by atoms with E-state index < -0.39 is 0 Å². The summed E-state index contributed by atoms with van der Waals surface area (Å²) in [5, 5.41) is 15.8. The molecule has 2 N–H and O–H groups in total. The van der Waals surface area contributed by atoms with Crippen LogP contribution >= 0.6 is 0 Å². The number of nitrogens with zero attached hydrogens (tertiary/aromatic N) is 3. The summed E-state index contributed by atoms with van der Waals surface area (Å²) in [6, 6.07) is 0.360. The first-order valence-electron chi connectivity index (χ1n) is 5.40. The third-order valence-electron chi connectivity index (χ3n) is 2.56. The number of hydrogen-bond acceptors (Lipinski definition) is 4. The second-order valence-electron chi connectivity index (χ2n) is 3.76. The molecule has 0 amide bonds. The fourth-order valence-corrected chi connectivity index (χ4v) is 1.59. The first-order chi connectivity index (χ1) is 7.17. The van der Waals surface area contributed by atoms with Gasteiger partial charge in [-0.15, -0.1) is 0 Å². The molecule has 1 aromatic heterocycles. The summed E-state index contributed by atoms with van der Waals surface area (Å²) in [7, 11) is 0. The van der Waals surface area contributed by atoms with Crippen LogP contribution in [0.15, 0.2) is 0 Å². The van der Waals surface area contributed by atoms with Crippen LogP contribution in [-0.2, 0) is 6.54 Å². The Morgan fingerprint density at radius 1 is 1.53 bits per heavy atom. The molecule has 0 bridgehead atoms. The van der Waals surface area contributed by atoms with Gasteiger partial charge in [0.15, 0.2) is 5.82 Å². The lowest BCUT2D eigenvalue weighted by atomic mass is 10.2. The van der Waals surface area contributed by atoms with E-state index >= 15 is 0 Å². The molecule has 5 nitrogen and oxygen atoms in total. The van der Waals surface area contributed by atoms with Crippen LogP contribution in [0.4, 0.5) is 0 Å². The molecule has 15 heavy (non-hydrogen) atoms. The fraction of sp³-hybridized carbons (Fsp3) is 0.800. The number of aliphatic hydroxyl groups excluding tert-OH is 1. The number of nitrogens with one attached hydrogen (secondary N) is 1. The smallest absolute Gasteiger partial charge is 0.164 e. The van der Waals surface area contributed by atoms with Crippen molar-refractivity contribution in [1.29, 1.82) is 0 Å². The maximum atomic E-state index is 8.89. The Morgan fingerprint density at radius 2 is 2.27 bits per heavy atom. The Morgan fingerprint density at radius 3 is 2.73 bits per heavy atom. The summed E-state index contributed by atoms with van der Waals surface area (Å²) < 4.78 is 0. The van der Waals surface area contributed by atoms with Crippen molar-refractivity contribution in [3.05, 3.63) is 11.6 Å². The lowest BCUT2D eigenvalue weighted by Crippen LogP contribution is -2.33. The van der Waals surface area contributed by atoms with Crippen molar-refractivity contribution < 1.29 is 5.11 Å². The van der Waals surface area contributed by atoms with Gasteiger partial charge in [0.05, 0.1) is 6.54 Å². The van der Waals surface area contributed by atoms with Gasteiger partial charge in [-0.25, -0.2) is 4.98 Å². The summed E-state index contributed by atoms with van der Waals surface area (Å²) in [4.78, 5) is 6.52. The molecule has 0 fully saturated rings. The molecule has 86 valence electrons. The third kappa shape index (κ3) is 3.60. The van der Waals surface area contributed by atoms with Gasteiger partial charge in [-0.3, -0.25) is 10.00 Å². The van der Waals surface area contributed by atoms with Crippen molar-refractivity contribution in [2.24, 2.45) is 0 Å². The van der Waals surface area contributed by atoms with E-state index in [4.69, 9.17) is 5.11 Å². The molecule has 0 spiro atoms. The van der Waals surface area contributed by atoms with Crippen LogP contribution in [-0.4, -0.2) is 44.4 Å². The number of aliphatic hydroxyl groups is 1. The summed E-state index contributed by atoms with van der Waals surface area (Å²) in [5.41, 5.74) is 0. The molecule has 1 unspecified atom stereocenters. The number of aryl methyl sites for hydroxylation is 1. The molecule has 0 aliphatic carbocycles. The van der Waals surface area contributed by atoms with Crippen LogP contribution in [0.25, 0.3) is 0 Å². The van der Waals surface area contributed by atoms with Gasteiger partial charge in [0.2, 0.25) is 0 Å². The van der Waals surface area contributed by atoms with E-state index in [1.54, 1.807) is 0 Å². The fourth-order valence-electron chi connectivity index (χ4n) is 1.59. The van der Waals surface area contributed by atoms with Gasteiger partial charge in [-0.2, -0.15) is 5.10 Å². The molecule has 0 saturated carbocycles. The number of H-pyrrole nitrogens is 1. The van der Waals surface area contributed by atoms with E-state index in [-0.39, 0.29) is 6.61 Å². The zero-order valence-corrected chi connectivity index (χ0v) is 9.69. The molecule has 1 rings (SSSR count). The zero-order valence-electron chi connectivity index (χ0n) is 9.69. The topological polar surface area (TPSA) is 65.0 Å². The molecule has 0 saturated heterocycles. The predicted molar refractivity (Wildman–Crippen MR) is 58.4 cm³/mol. The summed E-state index contributed by atoms with van der Waals surface area (Å²) in [6.07, 6.45) is 0.789. The maximum absolute atomic E-state index is 8.89. The normalized spacial score (nSPS) is 13.4. The highest BCUT2D eigenvalue weighted by molar-refractivity contribution is 4.88. The minimum absolute atomic E-state index is 0.227. The monoisotopic (exact) mass is 212 g/mol. The standard InChI is InChI=1S/C10H20N4O/c1-4-14(8(2)5-6-15)7-10-11-9(3)12-13-10/h8,15H,4-7H2,1-3H3,(H,11,12,13). The predicted octanol–water partition coefficient (Wildman–Crippen LogP) is 0.706. The number of rotatable bonds is 6. The summed E-state index contributed by atoms with van der Waals surface area (Å²) in [5.74, 6) is 1.66. The lowest BCUT2D eigenvalue weighted by molar-refractivity contribution is 0.164. The van der Waals surface area contributed by atoms with Gasteiger partial charge >= 0.3 is 0 Å². The molecule has 0 aliphatic heterocycles. The first-order valence-corrected chi connectivity index (χ1v) is 5.40. The van der Waals surface area contributed by atoms with Crippen molar-refractivity contribution in [1.82, 2.24) is 20.1 Å². The second kappa shape index (κ2) is 5.82. The molecule has 1 aromatic rings. The van der Waals surface area contributed by atoms with Crippen LogP contribution in [0, 0.1) is 6.92 Å². The summed E-state index contributed by atoms with van der Waals surface area (Å²) >= 11 is 0. The Bertz CT molecular complexity index is 287. The number of aromatic amines is 1. The Balaban J connectivity index is 2.53. The highest BCUT2D eigenvalue weighted by atomic mass is 16.3. The van der Waals surface area contributed by atoms with Crippen molar-refractivity contribution in [3.63, 3.8) is 0 Å². The van der Waals surface area contributed by atoms with Gasteiger partial charge in [0.1, 0.15) is 5.82 Å². The minimum atomic E-state index is 0.227. The average Bonchev–Trinajstić information content (AvgIpc) is 2.61. The van der Waals surface area contributed by atoms with Gasteiger partial charge in [-0.05, 0) is 26.8 Å². The van der Waals surface area contributed by atoms with Gasteiger partial charge in [0.25, 0.3) is 0 Å².